The van der Waals surface area contributed by atoms with E-state index in [1.165, 1.54) is 0 Å². The highest BCUT2D eigenvalue weighted by Crippen LogP contribution is 2.18. The van der Waals surface area contributed by atoms with Crippen molar-refractivity contribution >= 4 is 11.8 Å². The van der Waals surface area contributed by atoms with Crippen molar-refractivity contribution in [2.24, 2.45) is 0 Å². The number of anilines is 1. The number of hydrogen-bond acceptors (Lipinski definition) is 5. The Morgan fingerprint density at radius 3 is 2.70 bits per heavy atom. The molecule has 3 N–H and O–H groups in total. The van der Waals surface area contributed by atoms with Gasteiger partial charge in [0.25, 0.3) is 0 Å². The molecule has 1 fully saturated rings. The van der Waals surface area contributed by atoms with E-state index in [4.69, 9.17) is 9.84 Å². The van der Waals surface area contributed by atoms with Crippen LogP contribution in [0.3, 0.4) is 0 Å². The molecule has 1 aliphatic rings. The van der Waals surface area contributed by atoms with Gasteiger partial charge in [-0.3, -0.25) is 0 Å². The summed E-state index contributed by atoms with van der Waals surface area (Å²) in [4.78, 5) is 18.3. The zero-order valence-corrected chi connectivity index (χ0v) is 14.0. The van der Waals surface area contributed by atoms with Crippen molar-refractivity contribution in [2.75, 3.05) is 24.6 Å². The number of aromatic nitrogens is 1. The van der Waals surface area contributed by atoms with Crippen LogP contribution in [0.4, 0.5) is 10.6 Å². The van der Waals surface area contributed by atoms with Gasteiger partial charge in [-0.1, -0.05) is 6.07 Å². The van der Waals surface area contributed by atoms with Gasteiger partial charge in [-0.2, -0.15) is 0 Å². The number of nitrogens with zero attached hydrogens (tertiary/aromatic N) is 2. The second-order valence-corrected chi connectivity index (χ2v) is 6.10. The third-order valence-electron chi connectivity index (χ3n) is 3.66. The Morgan fingerprint density at radius 1 is 1.43 bits per heavy atom. The fourth-order valence-corrected chi connectivity index (χ4v) is 2.58. The number of aliphatic hydroxyl groups excluding tert-OH is 1. The minimum atomic E-state index is -0.300. The van der Waals surface area contributed by atoms with Crippen molar-refractivity contribution in [3.05, 3.63) is 23.9 Å². The Bertz CT molecular complexity index is 499. The number of aliphatic hydroxyl groups is 1. The number of ether oxygens (including phenoxy) is 1. The molecule has 0 aromatic carbocycles. The Labute approximate surface area is 137 Å². The smallest absolute Gasteiger partial charge is 0.315 e. The third-order valence-corrected chi connectivity index (χ3v) is 3.66. The summed E-state index contributed by atoms with van der Waals surface area (Å²) in [5, 5.41) is 14.3. The molecule has 0 aliphatic carbocycles. The monoisotopic (exact) mass is 322 g/mol. The summed E-state index contributed by atoms with van der Waals surface area (Å²) in [6.07, 6.45) is 2.16. The fourth-order valence-electron chi connectivity index (χ4n) is 2.58. The molecule has 0 unspecified atom stereocenters. The summed E-state index contributed by atoms with van der Waals surface area (Å²) in [6.45, 7) is 7.83. The van der Waals surface area contributed by atoms with E-state index >= 15 is 0 Å². The first-order valence-corrected chi connectivity index (χ1v) is 7.98. The molecule has 0 saturated carbocycles. The summed E-state index contributed by atoms with van der Waals surface area (Å²) in [5.41, 5.74) is 0.926. The molecule has 128 valence electrons. The van der Waals surface area contributed by atoms with Crippen molar-refractivity contribution in [3.63, 3.8) is 0 Å². The van der Waals surface area contributed by atoms with Crippen LogP contribution < -0.4 is 15.5 Å². The van der Waals surface area contributed by atoms with Gasteiger partial charge >= 0.3 is 6.03 Å². The Morgan fingerprint density at radius 2 is 2.13 bits per heavy atom. The van der Waals surface area contributed by atoms with Crippen LogP contribution >= 0.6 is 0 Å². The van der Waals surface area contributed by atoms with Crippen molar-refractivity contribution in [1.82, 2.24) is 15.6 Å². The van der Waals surface area contributed by atoms with Crippen molar-refractivity contribution < 1.29 is 14.6 Å². The lowest BCUT2D eigenvalue weighted by atomic mass is 10.2. The normalized spacial score (nSPS) is 22.5. The summed E-state index contributed by atoms with van der Waals surface area (Å²) >= 11 is 0. The number of hydrogen-bond donors (Lipinski definition) is 3. The van der Waals surface area contributed by atoms with Crippen molar-refractivity contribution in [3.8, 4) is 0 Å². The van der Waals surface area contributed by atoms with Gasteiger partial charge < -0.3 is 25.4 Å². The largest absolute Gasteiger partial charge is 0.394 e. The number of carbonyl (C=O) groups is 1. The van der Waals surface area contributed by atoms with E-state index in [9.17, 15) is 4.79 Å². The van der Waals surface area contributed by atoms with Crippen molar-refractivity contribution in [1.29, 1.82) is 0 Å². The first-order chi connectivity index (χ1) is 11.0. The Kier molecular flexibility index (Phi) is 6.18. The number of pyridine rings is 1. The molecule has 3 atom stereocenters. The molecule has 7 heteroatoms. The first-order valence-electron chi connectivity index (χ1n) is 7.98. The lowest BCUT2D eigenvalue weighted by Gasteiger charge is -2.36. The van der Waals surface area contributed by atoms with Crippen LogP contribution in [0.1, 0.15) is 26.3 Å². The number of urea groups is 1. The minimum absolute atomic E-state index is 0.0833. The van der Waals surface area contributed by atoms with Gasteiger partial charge in [-0.15, -0.1) is 0 Å². The van der Waals surface area contributed by atoms with Gasteiger partial charge in [0.05, 0.1) is 24.9 Å². The summed E-state index contributed by atoms with van der Waals surface area (Å²) < 4.78 is 5.73. The maximum absolute atomic E-state index is 11.6. The van der Waals surface area contributed by atoms with E-state index < -0.39 is 0 Å². The van der Waals surface area contributed by atoms with E-state index in [1.807, 2.05) is 12.1 Å². The quantitative estimate of drug-likeness (QED) is 0.749. The zero-order chi connectivity index (χ0) is 16.8. The zero-order valence-electron chi connectivity index (χ0n) is 14.0. The van der Waals surface area contributed by atoms with Crippen LogP contribution in [-0.4, -0.2) is 54.1 Å². The average molecular weight is 322 g/mol. The number of amides is 2. The minimum Gasteiger partial charge on any atom is -0.394 e. The Balaban J connectivity index is 1.86. The Hall–Kier alpha value is -1.86. The van der Waals surface area contributed by atoms with E-state index in [1.54, 1.807) is 13.1 Å². The van der Waals surface area contributed by atoms with E-state index in [0.29, 0.717) is 6.54 Å². The number of morpholine rings is 1. The van der Waals surface area contributed by atoms with Crippen LogP contribution in [0.2, 0.25) is 0 Å². The predicted molar refractivity (Wildman–Crippen MR) is 88.4 cm³/mol. The predicted octanol–water partition coefficient (Wildman–Crippen LogP) is 0.875. The summed E-state index contributed by atoms with van der Waals surface area (Å²) in [5.74, 6) is 0.925. The molecule has 0 spiro atoms. The topological polar surface area (TPSA) is 86.7 Å². The van der Waals surface area contributed by atoms with Crippen LogP contribution in [0, 0.1) is 0 Å². The van der Waals surface area contributed by atoms with Crippen LogP contribution in [-0.2, 0) is 11.3 Å². The molecule has 0 bridgehead atoms. The van der Waals surface area contributed by atoms with Crippen LogP contribution in [0.5, 0.6) is 0 Å². The SMILES string of the molecule is C[C@H](CO)NC(=O)NCc1ccc(N2C[C@H](C)O[C@@H](C)C2)nc1. The standard InChI is InChI=1S/C16H26N4O3/c1-11(10-21)19-16(22)18-7-14-4-5-15(17-6-14)20-8-12(2)23-13(3)9-20/h4-6,11-13,21H,7-10H2,1-3H3,(H2,18,19,22)/t11-,12+,13+/m1/s1. The second-order valence-electron chi connectivity index (χ2n) is 6.10. The summed E-state index contributed by atoms with van der Waals surface area (Å²) in [7, 11) is 0. The van der Waals surface area contributed by atoms with Crippen molar-refractivity contribution in [2.45, 2.75) is 45.6 Å². The highest BCUT2D eigenvalue weighted by atomic mass is 16.5. The van der Waals surface area contributed by atoms with Gasteiger partial charge in [0.15, 0.2) is 0 Å². The molecular weight excluding hydrogens is 296 g/mol. The third kappa shape index (κ3) is 5.37. The van der Waals surface area contributed by atoms with Gasteiger partial charge in [0, 0.05) is 25.8 Å². The molecule has 2 amide bonds. The van der Waals surface area contributed by atoms with E-state index in [2.05, 4.69) is 34.4 Å². The van der Waals surface area contributed by atoms with E-state index in [0.717, 1.165) is 24.5 Å². The van der Waals surface area contributed by atoms with Gasteiger partial charge in [-0.05, 0) is 32.4 Å². The average Bonchev–Trinajstić information content (AvgIpc) is 2.52. The molecule has 1 aromatic heterocycles. The molecule has 2 heterocycles. The molecule has 2 rings (SSSR count). The van der Waals surface area contributed by atoms with Gasteiger partial charge in [-0.25, -0.2) is 9.78 Å². The van der Waals surface area contributed by atoms with Gasteiger partial charge in [0.2, 0.25) is 0 Å². The fraction of sp³-hybridized carbons (Fsp3) is 0.625. The molecule has 23 heavy (non-hydrogen) atoms. The highest BCUT2D eigenvalue weighted by molar-refractivity contribution is 5.74. The number of carbonyl (C=O) groups excluding carboxylic acids is 1. The number of nitrogens with one attached hydrogen (secondary N) is 2. The highest BCUT2D eigenvalue weighted by Gasteiger charge is 2.22. The lowest BCUT2D eigenvalue weighted by Crippen LogP contribution is -2.45. The molecule has 0 radical (unpaired) electrons. The van der Waals surface area contributed by atoms with Gasteiger partial charge in [0.1, 0.15) is 5.82 Å². The molecule has 7 nitrogen and oxygen atoms in total. The molecule has 1 aliphatic heterocycles. The van der Waals surface area contributed by atoms with Crippen LogP contribution in [0.15, 0.2) is 18.3 Å². The molecular formula is C16H26N4O3. The maximum atomic E-state index is 11.6. The second kappa shape index (κ2) is 8.12. The molecule has 1 saturated heterocycles. The lowest BCUT2D eigenvalue weighted by molar-refractivity contribution is -0.00546. The first kappa shape index (κ1) is 17.5. The number of rotatable bonds is 5. The van der Waals surface area contributed by atoms with Crippen LogP contribution in [0.25, 0.3) is 0 Å². The summed E-state index contributed by atoms with van der Waals surface area (Å²) in [6, 6.07) is 3.37. The van der Waals surface area contributed by atoms with E-state index in [-0.39, 0.29) is 30.9 Å². The molecule has 1 aromatic rings. The maximum Gasteiger partial charge on any atom is 0.315 e.